The highest BCUT2D eigenvalue weighted by atomic mass is 32.2. The van der Waals surface area contributed by atoms with Crippen LogP contribution in [0.5, 0.6) is 5.75 Å². The molecule has 0 aliphatic heterocycles. The Hall–Kier alpha value is -2.32. The number of nitrogens with zero attached hydrogens (tertiary/aromatic N) is 3. The molecule has 7 nitrogen and oxygen atoms in total. The number of aryl methyl sites for hydroxylation is 1. The van der Waals surface area contributed by atoms with E-state index in [0.29, 0.717) is 12.1 Å². The van der Waals surface area contributed by atoms with Crippen LogP contribution in [-0.2, 0) is 13.6 Å². The van der Waals surface area contributed by atoms with Crippen molar-refractivity contribution in [2.24, 2.45) is 7.05 Å². The molecule has 0 radical (unpaired) electrons. The number of hydrogen-bond donors (Lipinski definition) is 2. The van der Waals surface area contributed by atoms with Gasteiger partial charge in [0, 0.05) is 42.4 Å². The van der Waals surface area contributed by atoms with E-state index in [-0.39, 0.29) is 5.56 Å². The SMILES string of the molecule is COc1ccc2[nH]c(=O)c(CNCCSc3nncn3C)cc2c1. The molecule has 0 bridgehead atoms. The lowest BCUT2D eigenvalue weighted by Gasteiger charge is -2.07. The van der Waals surface area contributed by atoms with Crippen LogP contribution in [-0.4, -0.2) is 39.2 Å². The van der Waals surface area contributed by atoms with Crippen LogP contribution in [0, 0.1) is 0 Å². The molecule has 0 aliphatic rings. The number of ether oxygens (including phenoxy) is 1. The number of aromatic nitrogens is 4. The van der Waals surface area contributed by atoms with Gasteiger partial charge in [-0.2, -0.15) is 0 Å². The summed E-state index contributed by atoms with van der Waals surface area (Å²) in [5.74, 6) is 1.62. The molecular weight excluding hydrogens is 326 g/mol. The highest BCUT2D eigenvalue weighted by molar-refractivity contribution is 7.99. The van der Waals surface area contributed by atoms with Crippen molar-refractivity contribution >= 4 is 22.7 Å². The first-order chi connectivity index (χ1) is 11.7. The molecule has 0 spiro atoms. The lowest BCUT2D eigenvalue weighted by atomic mass is 10.1. The van der Waals surface area contributed by atoms with E-state index in [2.05, 4.69) is 20.5 Å². The van der Waals surface area contributed by atoms with E-state index in [4.69, 9.17) is 4.74 Å². The van der Waals surface area contributed by atoms with Gasteiger partial charge in [-0.25, -0.2) is 0 Å². The van der Waals surface area contributed by atoms with Gasteiger partial charge in [-0.05, 0) is 24.3 Å². The van der Waals surface area contributed by atoms with Gasteiger partial charge < -0.3 is 19.6 Å². The van der Waals surface area contributed by atoms with Crippen LogP contribution in [0.1, 0.15) is 5.56 Å². The smallest absolute Gasteiger partial charge is 0.252 e. The minimum absolute atomic E-state index is 0.0684. The average molecular weight is 345 g/mol. The third kappa shape index (κ3) is 3.77. The first-order valence-electron chi connectivity index (χ1n) is 7.55. The summed E-state index contributed by atoms with van der Waals surface area (Å²) in [5.41, 5.74) is 1.45. The number of H-pyrrole nitrogens is 1. The van der Waals surface area contributed by atoms with Crippen molar-refractivity contribution in [2.75, 3.05) is 19.4 Å². The number of nitrogens with one attached hydrogen (secondary N) is 2. The van der Waals surface area contributed by atoms with Crippen LogP contribution in [0.15, 0.2) is 40.5 Å². The van der Waals surface area contributed by atoms with Gasteiger partial charge in [0.25, 0.3) is 5.56 Å². The molecule has 0 atom stereocenters. The van der Waals surface area contributed by atoms with Gasteiger partial charge in [0.15, 0.2) is 5.16 Å². The second-order valence-corrected chi connectivity index (χ2v) is 6.39. The molecule has 2 heterocycles. The Morgan fingerprint density at radius 3 is 3.00 bits per heavy atom. The standard InChI is InChI=1S/C16H19N5O2S/c1-21-10-18-20-16(21)24-6-5-17-9-12-7-11-8-13(23-2)3-4-14(11)19-15(12)22/h3-4,7-8,10,17H,5-6,9H2,1-2H3,(H,19,22). The van der Waals surface area contributed by atoms with Crippen LogP contribution in [0.4, 0.5) is 0 Å². The first kappa shape index (κ1) is 16.5. The number of methoxy groups -OCH3 is 1. The second-order valence-electron chi connectivity index (χ2n) is 5.33. The fraction of sp³-hybridized carbons (Fsp3) is 0.312. The summed E-state index contributed by atoms with van der Waals surface area (Å²) in [7, 11) is 3.54. The molecule has 0 unspecified atom stereocenters. The predicted octanol–water partition coefficient (Wildman–Crippen LogP) is 1.55. The van der Waals surface area contributed by atoms with Crippen molar-refractivity contribution < 1.29 is 4.74 Å². The zero-order valence-corrected chi connectivity index (χ0v) is 14.4. The maximum atomic E-state index is 12.1. The van der Waals surface area contributed by atoms with E-state index in [9.17, 15) is 4.79 Å². The van der Waals surface area contributed by atoms with E-state index in [0.717, 1.165) is 34.1 Å². The highest BCUT2D eigenvalue weighted by Gasteiger charge is 2.05. The molecular formula is C16H19N5O2S. The molecule has 1 aromatic carbocycles. The summed E-state index contributed by atoms with van der Waals surface area (Å²) in [6, 6.07) is 7.50. The molecule has 126 valence electrons. The normalized spacial score (nSPS) is 11.1. The fourth-order valence-corrected chi connectivity index (χ4v) is 3.11. The van der Waals surface area contributed by atoms with Crippen LogP contribution < -0.4 is 15.6 Å². The number of rotatable bonds is 7. The summed E-state index contributed by atoms with van der Waals surface area (Å²) < 4.78 is 7.11. The number of pyridine rings is 1. The third-order valence-corrected chi connectivity index (χ3v) is 4.66. The maximum absolute atomic E-state index is 12.1. The Labute approximate surface area is 143 Å². The van der Waals surface area contributed by atoms with E-state index >= 15 is 0 Å². The summed E-state index contributed by atoms with van der Waals surface area (Å²) in [5, 5.41) is 13.0. The van der Waals surface area contributed by atoms with E-state index in [1.165, 1.54) is 0 Å². The molecule has 3 aromatic rings. The van der Waals surface area contributed by atoms with Crippen molar-refractivity contribution in [1.29, 1.82) is 0 Å². The number of thioether (sulfide) groups is 1. The molecule has 24 heavy (non-hydrogen) atoms. The molecule has 0 saturated heterocycles. The zero-order valence-electron chi connectivity index (χ0n) is 13.6. The van der Waals surface area contributed by atoms with E-state index in [1.54, 1.807) is 25.2 Å². The van der Waals surface area contributed by atoms with Crippen LogP contribution >= 0.6 is 11.8 Å². The molecule has 3 rings (SSSR count). The molecule has 0 aliphatic carbocycles. The minimum Gasteiger partial charge on any atom is -0.497 e. The first-order valence-corrected chi connectivity index (χ1v) is 8.53. The average Bonchev–Trinajstić information content (AvgIpc) is 2.99. The molecule has 0 amide bonds. The molecule has 2 N–H and O–H groups in total. The lowest BCUT2D eigenvalue weighted by molar-refractivity contribution is 0.415. The number of hydrogen-bond acceptors (Lipinski definition) is 6. The van der Waals surface area contributed by atoms with Crippen molar-refractivity contribution in [1.82, 2.24) is 25.1 Å². The maximum Gasteiger partial charge on any atom is 0.252 e. The van der Waals surface area contributed by atoms with Crippen LogP contribution in [0.25, 0.3) is 10.9 Å². The van der Waals surface area contributed by atoms with Gasteiger partial charge in [-0.1, -0.05) is 11.8 Å². The zero-order chi connectivity index (χ0) is 16.9. The van der Waals surface area contributed by atoms with Crippen molar-refractivity contribution in [3.05, 3.63) is 46.5 Å². The lowest BCUT2D eigenvalue weighted by Crippen LogP contribution is -2.22. The monoisotopic (exact) mass is 345 g/mol. The summed E-state index contributed by atoms with van der Waals surface area (Å²) in [4.78, 5) is 15.0. The molecule has 2 aromatic heterocycles. The second kappa shape index (κ2) is 7.50. The van der Waals surface area contributed by atoms with Gasteiger partial charge in [-0.15, -0.1) is 10.2 Å². The Morgan fingerprint density at radius 2 is 2.25 bits per heavy atom. The topological polar surface area (TPSA) is 84.8 Å². The van der Waals surface area contributed by atoms with Gasteiger partial charge >= 0.3 is 0 Å². The van der Waals surface area contributed by atoms with E-state index < -0.39 is 0 Å². The number of aromatic amines is 1. The summed E-state index contributed by atoms with van der Waals surface area (Å²) in [6.07, 6.45) is 1.68. The van der Waals surface area contributed by atoms with Crippen molar-refractivity contribution in [3.8, 4) is 5.75 Å². The summed E-state index contributed by atoms with van der Waals surface area (Å²) in [6.45, 7) is 1.29. The summed E-state index contributed by atoms with van der Waals surface area (Å²) >= 11 is 1.62. The number of benzene rings is 1. The van der Waals surface area contributed by atoms with Crippen LogP contribution in [0.2, 0.25) is 0 Å². The van der Waals surface area contributed by atoms with Gasteiger partial charge in [0.2, 0.25) is 0 Å². The fourth-order valence-electron chi connectivity index (χ4n) is 2.33. The van der Waals surface area contributed by atoms with Gasteiger partial charge in [0.1, 0.15) is 12.1 Å². The van der Waals surface area contributed by atoms with Gasteiger partial charge in [-0.3, -0.25) is 4.79 Å². The molecule has 0 saturated carbocycles. The van der Waals surface area contributed by atoms with Gasteiger partial charge in [0.05, 0.1) is 7.11 Å². The quantitative estimate of drug-likeness (QED) is 0.499. The molecule has 0 fully saturated rings. The van der Waals surface area contributed by atoms with Crippen molar-refractivity contribution in [3.63, 3.8) is 0 Å². The Balaban J connectivity index is 1.59. The van der Waals surface area contributed by atoms with Crippen LogP contribution in [0.3, 0.4) is 0 Å². The Kier molecular flexibility index (Phi) is 5.17. The Bertz CT molecular complexity index is 890. The van der Waals surface area contributed by atoms with Crippen molar-refractivity contribution in [2.45, 2.75) is 11.7 Å². The minimum atomic E-state index is -0.0684. The molecule has 8 heteroatoms. The predicted molar refractivity (Wildman–Crippen MR) is 94.6 cm³/mol. The number of fused-ring (bicyclic) bond motifs is 1. The highest BCUT2D eigenvalue weighted by Crippen LogP contribution is 2.18. The Morgan fingerprint density at radius 1 is 1.38 bits per heavy atom. The third-order valence-electron chi connectivity index (χ3n) is 3.62. The largest absolute Gasteiger partial charge is 0.497 e. The van der Waals surface area contributed by atoms with E-state index in [1.807, 2.05) is 35.9 Å².